The lowest BCUT2D eigenvalue weighted by Crippen LogP contribution is -2.46. The van der Waals surface area contributed by atoms with Crippen LogP contribution in [0.3, 0.4) is 0 Å². The van der Waals surface area contributed by atoms with Gasteiger partial charge in [-0.05, 0) is 36.3 Å². The van der Waals surface area contributed by atoms with Gasteiger partial charge in [0.25, 0.3) is 0 Å². The van der Waals surface area contributed by atoms with E-state index in [4.69, 9.17) is 0 Å². The van der Waals surface area contributed by atoms with Crippen molar-refractivity contribution in [2.24, 2.45) is 11.8 Å². The van der Waals surface area contributed by atoms with Crippen molar-refractivity contribution in [1.82, 2.24) is 4.90 Å². The molecule has 88 valence electrons. The van der Waals surface area contributed by atoms with E-state index in [2.05, 4.69) is 49.9 Å². The quantitative estimate of drug-likeness (QED) is 0.746. The second kappa shape index (κ2) is 5.01. The Morgan fingerprint density at radius 2 is 1.94 bits per heavy atom. The lowest BCUT2D eigenvalue weighted by atomic mass is 9.90. The molecule has 16 heavy (non-hydrogen) atoms. The van der Waals surface area contributed by atoms with Crippen LogP contribution in [0.4, 0.5) is 0 Å². The molecular weight excluding hydrogens is 194 g/mol. The molecule has 0 radical (unpaired) electrons. The van der Waals surface area contributed by atoms with E-state index in [0.717, 1.165) is 18.4 Å². The Balaban J connectivity index is 1.80. The van der Waals surface area contributed by atoms with E-state index in [1.807, 2.05) is 0 Å². The first-order valence-corrected chi connectivity index (χ1v) is 6.42. The number of benzene rings is 1. The molecule has 1 nitrogen and oxygen atoms in total. The maximum atomic E-state index is 2.56. The highest BCUT2D eigenvalue weighted by Crippen LogP contribution is 2.25. The topological polar surface area (TPSA) is 3.24 Å². The summed E-state index contributed by atoms with van der Waals surface area (Å²) in [5, 5.41) is 0. The molecule has 0 aliphatic carbocycles. The molecule has 1 fully saturated rings. The molecule has 0 N–H and O–H groups in total. The van der Waals surface area contributed by atoms with E-state index >= 15 is 0 Å². The molecule has 1 aromatic carbocycles. The van der Waals surface area contributed by atoms with E-state index in [1.54, 1.807) is 0 Å². The van der Waals surface area contributed by atoms with Crippen molar-refractivity contribution >= 4 is 0 Å². The Hall–Kier alpha value is -0.820. The van der Waals surface area contributed by atoms with Crippen LogP contribution < -0.4 is 0 Å². The summed E-state index contributed by atoms with van der Waals surface area (Å²) in [5.74, 6) is 1.80. The van der Waals surface area contributed by atoms with Crippen LogP contribution in [-0.4, -0.2) is 18.0 Å². The van der Waals surface area contributed by atoms with Crippen LogP contribution in [0, 0.1) is 18.8 Å². The summed E-state index contributed by atoms with van der Waals surface area (Å²) < 4.78 is 0. The second-order valence-electron chi connectivity index (χ2n) is 5.62. The average molecular weight is 217 g/mol. The molecule has 1 saturated heterocycles. The lowest BCUT2D eigenvalue weighted by Gasteiger charge is -2.40. The molecule has 1 heteroatoms. The minimum absolute atomic E-state index is 0.852. The molecule has 0 aromatic heterocycles. The zero-order chi connectivity index (χ0) is 11.5. The number of rotatable bonds is 4. The monoisotopic (exact) mass is 217 g/mol. The van der Waals surface area contributed by atoms with Crippen LogP contribution in [0.15, 0.2) is 24.3 Å². The highest BCUT2D eigenvalue weighted by atomic mass is 15.2. The normalized spacial score (nSPS) is 17.8. The van der Waals surface area contributed by atoms with E-state index < -0.39 is 0 Å². The van der Waals surface area contributed by atoms with E-state index in [0.29, 0.717) is 0 Å². The SMILES string of the molecule is Cc1ccccc1CN1CC(CC(C)C)C1. The average Bonchev–Trinajstić information content (AvgIpc) is 2.17. The van der Waals surface area contributed by atoms with E-state index in [-0.39, 0.29) is 0 Å². The van der Waals surface area contributed by atoms with Gasteiger partial charge in [0, 0.05) is 19.6 Å². The minimum atomic E-state index is 0.852. The Morgan fingerprint density at radius 1 is 1.25 bits per heavy atom. The van der Waals surface area contributed by atoms with Crippen LogP contribution in [0.5, 0.6) is 0 Å². The van der Waals surface area contributed by atoms with Crippen molar-refractivity contribution in [3.8, 4) is 0 Å². The predicted molar refractivity (Wildman–Crippen MR) is 69.4 cm³/mol. The molecule has 0 amide bonds. The first kappa shape index (κ1) is 11.7. The van der Waals surface area contributed by atoms with Crippen molar-refractivity contribution in [2.75, 3.05) is 13.1 Å². The molecule has 1 heterocycles. The van der Waals surface area contributed by atoms with Crippen molar-refractivity contribution in [2.45, 2.75) is 33.7 Å². The minimum Gasteiger partial charge on any atom is -0.298 e. The van der Waals surface area contributed by atoms with Gasteiger partial charge in [-0.3, -0.25) is 4.90 Å². The number of hydrogen-bond acceptors (Lipinski definition) is 1. The summed E-state index contributed by atoms with van der Waals surface area (Å²) in [5.41, 5.74) is 2.92. The molecule has 0 unspecified atom stereocenters. The first-order chi connectivity index (χ1) is 7.65. The van der Waals surface area contributed by atoms with Gasteiger partial charge in [-0.15, -0.1) is 0 Å². The molecule has 1 aliphatic rings. The zero-order valence-electron chi connectivity index (χ0n) is 10.7. The molecule has 0 saturated carbocycles. The van der Waals surface area contributed by atoms with Crippen LogP contribution in [0.1, 0.15) is 31.4 Å². The van der Waals surface area contributed by atoms with Gasteiger partial charge in [0.1, 0.15) is 0 Å². The fourth-order valence-electron chi connectivity index (χ4n) is 2.65. The number of aryl methyl sites for hydroxylation is 1. The molecule has 0 atom stereocenters. The van der Waals surface area contributed by atoms with Gasteiger partial charge >= 0.3 is 0 Å². The zero-order valence-corrected chi connectivity index (χ0v) is 10.7. The number of nitrogens with zero attached hydrogens (tertiary/aromatic N) is 1. The number of hydrogen-bond donors (Lipinski definition) is 0. The summed E-state index contributed by atoms with van der Waals surface area (Å²) in [6.45, 7) is 10.6. The van der Waals surface area contributed by atoms with Crippen LogP contribution >= 0.6 is 0 Å². The first-order valence-electron chi connectivity index (χ1n) is 6.42. The fraction of sp³-hybridized carbons (Fsp3) is 0.600. The molecule has 0 spiro atoms. The van der Waals surface area contributed by atoms with Gasteiger partial charge in [0.05, 0.1) is 0 Å². The van der Waals surface area contributed by atoms with Crippen LogP contribution in [0.2, 0.25) is 0 Å². The third kappa shape index (κ3) is 2.85. The highest BCUT2D eigenvalue weighted by Gasteiger charge is 2.26. The van der Waals surface area contributed by atoms with E-state index in [9.17, 15) is 0 Å². The van der Waals surface area contributed by atoms with E-state index in [1.165, 1.54) is 30.6 Å². The Bertz CT molecular complexity index is 337. The largest absolute Gasteiger partial charge is 0.298 e. The van der Waals surface area contributed by atoms with Gasteiger partial charge in [-0.2, -0.15) is 0 Å². The molecule has 1 aromatic rings. The lowest BCUT2D eigenvalue weighted by molar-refractivity contribution is 0.0776. The Morgan fingerprint density at radius 3 is 2.56 bits per heavy atom. The van der Waals surface area contributed by atoms with Gasteiger partial charge in [-0.1, -0.05) is 38.1 Å². The van der Waals surface area contributed by atoms with Crippen molar-refractivity contribution in [3.63, 3.8) is 0 Å². The maximum absolute atomic E-state index is 2.56. The maximum Gasteiger partial charge on any atom is 0.0236 e. The standard InChI is InChI=1S/C15H23N/c1-12(2)8-14-9-16(10-14)11-15-7-5-4-6-13(15)3/h4-7,12,14H,8-11H2,1-3H3. The predicted octanol–water partition coefficient (Wildman–Crippen LogP) is 3.47. The van der Waals surface area contributed by atoms with Gasteiger partial charge < -0.3 is 0 Å². The summed E-state index contributed by atoms with van der Waals surface area (Å²) in [7, 11) is 0. The Labute approximate surface area is 99.5 Å². The second-order valence-corrected chi connectivity index (χ2v) is 5.62. The summed E-state index contributed by atoms with van der Waals surface area (Å²) >= 11 is 0. The third-order valence-electron chi connectivity index (χ3n) is 3.49. The molecular formula is C15H23N. The summed E-state index contributed by atoms with van der Waals surface area (Å²) in [6.07, 6.45) is 1.39. The molecule has 2 rings (SSSR count). The summed E-state index contributed by atoms with van der Waals surface area (Å²) in [6, 6.07) is 8.73. The van der Waals surface area contributed by atoms with Crippen LogP contribution in [-0.2, 0) is 6.54 Å². The smallest absolute Gasteiger partial charge is 0.0236 e. The summed E-state index contributed by atoms with van der Waals surface area (Å²) in [4.78, 5) is 2.56. The van der Waals surface area contributed by atoms with Gasteiger partial charge in [0.15, 0.2) is 0 Å². The molecule has 1 aliphatic heterocycles. The fourth-order valence-corrected chi connectivity index (χ4v) is 2.65. The highest BCUT2D eigenvalue weighted by molar-refractivity contribution is 5.25. The Kier molecular flexibility index (Phi) is 3.65. The number of likely N-dealkylation sites (tertiary alicyclic amines) is 1. The van der Waals surface area contributed by atoms with Gasteiger partial charge in [-0.25, -0.2) is 0 Å². The van der Waals surface area contributed by atoms with Crippen molar-refractivity contribution in [1.29, 1.82) is 0 Å². The van der Waals surface area contributed by atoms with Gasteiger partial charge in [0.2, 0.25) is 0 Å². The molecule has 0 bridgehead atoms. The van der Waals surface area contributed by atoms with Crippen molar-refractivity contribution < 1.29 is 0 Å². The van der Waals surface area contributed by atoms with Crippen LogP contribution in [0.25, 0.3) is 0 Å². The third-order valence-corrected chi connectivity index (χ3v) is 3.49. The van der Waals surface area contributed by atoms with Crippen molar-refractivity contribution in [3.05, 3.63) is 35.4 Å².